The molecule has 2 amide bonds. The second-order valence-electron chi connectivity index (χ2n) is 10.2. The van der Waals surface area contributed by atoms with Crippen LogP contribution < -0.4 is 15.5 Å². The number of hydrogen-bond acceptors (Lipinski definition) is 9. The van der Waals surface area contributed by atoms with E-state index in [1.54, 1.807) is 49.1 Å². The molecule has 12 heteroatoms. The van der Waals surface area contributed by atoms with E-state index in [0.29, 0.717) is 58.0 Å². The van der Waals surface area contributed by atoms with Gasteiger partial charge in [-0.1, -0.05) is 35.5 Å². The van der Waals surface area contributed by atoms with Crippen molar-refractivity contribution in [1.82, 2.24) is 35.2 Å². The second-order valence-corrected chi connectivity index (χ2v) is 10.2. The number of urea groups is 1. The third kappa shape index (κ3) is 6.23. The van der Waals surface area contributed by atoms with E-state index in [1.165, 1.54) is 11.1 Å². The molecule has 45 heavy (non-hydrogen) atoms. The van der Waals surface area contributed by atoms with Gasteiger partial charge in [-0.25, -0.2) is 24.6 Å². The first-order valence-electron chi connectivity index (χ1n) is 14.0. The normalized spacial score (nSPS) is 10.7. The summed E-state index contributed by atoms with van der Waals surface area (Å²) >= 11 is 0. The molecule has 0 spiro atoms. The molecule has 6 aromatic rings. The summed E-state index contributed by atoms with van der Waals surface area (Å²) in [6.45, 7) is 3.92. The van der Waals surface area contributed by atoms with E-state index in [0.717, 1.165) is 16.7 Å². The van der Waals surface area contributed by atoms with E-state index >= 15 is 0 Å². The van der Waals surface area contributed by atoms with E-state index in [9.17, 15) is 10.1 Å². The molecular formula is C33H28N10O2. The van der Waals surface area contributed by atoms with Gasteiger partial charge < -0.3 is 15.2 Å². The number of pyridine rings is 1. The number of aromatic nitrogens is 6. The maximum Gasteiger partial charge on any atom is 0.327 e. The smallest absolute Gasteiger partial charge is 0.327 e. The van der Waals surface area contributed by atoms with Gasteiger partial charge in [0.25, 0.3) is 0 Å². The number of carbonyl (C=O) groups is 1. The maximum absolute atomic E-state index is 13.6. The lowest BCUT2D eigenvalue weighted by Crippen LogP contribution is -2.37. The zero-order chi connectivity index (χ0) is 31.3. The molecule has 2 N–H and O–H groups in total. The molecule has 0 fully saturated rings. The minimum Gasteiger partial charge on any atom is -0.361 e. The molecule has 0 aliphatic heterocycles. The van der Waals surface area contributed by atoms with Crippen molar-refractivity contribution >= 4 is 29.2 Å². The summed E-state index contributed by atoms with van der Waals surface area (Å²) in [7, 11) is 1.86. The zero-order valence-corrected chi connectivity index (χ0v) is 24.8. The summed E-state index contributed by atoms with van der Waals surface area (Å²) in [5.74, 6) is 1.31. The van der Waals surface area contributed by atoms with Crippen molar-refractivity contribution in [2.75, 3.05) is 10.2 Å². The van der Waals surface area contributed by atoms with Gasteiger partial charge in [-0.3, -0.25) is 4.68 Å². The summed E-state index contributed by atoms with van der Waals surface area (Å²) in [6, 6.07) is 22.4. The summed E-state index contributed by atoms with van der Waals surface area (Å²) in [4.78, 5) is 28.6. The second kappa shape index (κ2) is 12.5. The third-order valence-corrected chi connectivity index (χ3v) is 7.07. The van der Waals surface area contributed by atoms with Crippen LogP contribution in [0.3, 0.4) is 0 Å². The number of anilines is 4. The number of amides is 2. The van der Waals surface area contributed by atoms with Crippen LogP contribution in [-0.4, -0.2) is 35.9 Å². The van der Waals surface area contributed by atoms with Crippen LogP contribution in [-0.2, 0) is 13.6 Å². The predicted molar refractivity (Wildman–Crippen MR) is 169 cm³/mol. The van der Waals surface area contributed by atoms with Gasteiger partial charge >= 0.3 is 6.03 Å². The molecule has 0 bridgehead atoms. The van der Waals surface area contributed by atoms with Crippen molar-refractivity contribution < 1.29 is 9.32 Å². The Morgan fingerprint density at radius 1 is 0.978 bits per heavy atom. The Labute approximate surface area is 259 Å². The quantitative estimate of drug-likeness (QED) is 0.209. The first-order chi connectivity index (χ1) is 21.9. The average Bonchev–Trinajstić information content (AvgIpc) is 3.65. The minimum atomic E-state index is -0.333. The molecule has 4 aromatic heterocycles. The first-order valence-corrected chi connectivity index (χ1v) is 14.0. The number of nitrogens with zero attached hydrogens (tertiary/aromatic N) is 8. The number of aryl methyl sites for hydroxylation is 3. The highest BCUT2D eigenvalue weighted by Crippen LogP contribution is 2.31. The van der Waals surface area contributed by atoms with Crippen molar-refractivity contribution in [2.24, 2.45) is 7.05 Å². The Bertz CT molecular complexity index is 1970. The van der Waals surface area contributed by atoms with Gasteiger partial charge in [0, 0.05) is 42.8 Å². The van der Waals surface area contributed by atoms with Crippen LogP contribution in [0.5, 0.6) is 0 Å². The van der Waals surface area contributed by atoms with Gasteiger partial charge in [0.1, 0.15) is 17.6 Å². The fourth-order valence-electron chi connectivity index (χ4n) is 4.82. The predicted octanol–water partition coefficient (Wildman–Crippen LogP) is 6.21. The number of hydrogen-bond donors (Lipinski definition) is 2. The monoisotopic (exact) mass is 596 g/mol. The Balaban J connectivity index is 1.27. The van der Waals surface area contributed by atoms with Gasteiger partial charge in [0.2, 0.25) is 5.95 Å². The van der Waals surface area contributed by atoms with Gasteiger partial charge in [-0.05, 0) is 55.8 Å². The molecular weight excluding hydrogens is 568 g/mol. The van der Waals surface area contributed by atoms with E-state index in [-0.39, 0.29) is 6.03 Å². The molecule has 222 valence electrons. The Morgan fingerprint density at radius 3 is 2.42 bits per heavy atom. The molecule has 6 rings (SSSR count). The SMILES string of the molecule is Cc1noc(C)c1-c1nc(Nc2ccc(N(C(=O)NCc3ccccc3)c3ccc(-c4cnn(C)c4)cn3)cc2)ncc1C#N. The number of benzene rings is 2. The first kappa shape index (κ1) is 28.8. The summed E-state index contributed by atoms with van der Waals surface area (Å²) in [6.07, 6.45) is 6.85. The van der Waals surface area contributed by atoms with Gasteiger partial charge in [-0.15, -0.1) is 0 Å². The van der Waals surface area contributed by atoms with Crippen LogP contribution in [0, 0.1) is 25.2 Å². The Kier molecular flexibility index (Phi) is 7.98. The molecule has 0 saturated heterocycles. The van der Waals surface area contributed by atoms with E-state index in [2.05, 4.69) is 41.9 Å². The van der Waals surface area contributed by atoms with Crippen molar-refractivity contribution in [3.63, 3.8) is 0 Å². The average molecular weight is 597 g/mol. The molecule has 0 radical (unpaired) electrons. The van der Waals surface area contributed by atoms with Crippen molar-refractivity contribution in [1.29, 1.82) is 5.26 Å². The lowest BCUT2D eigenvalue weighted by atomic mass is 10.1. The van der Waals surface area contributed by atoms with Gasteiger partial charge in [0.15, 0.2) is 0 Å². The molecule has 12 nitrogen and oxygen atoms in total. The fraction of sp³-hybridized carbons (Fsp3) is 0.121. The van der Waals surface area contributed by atoms with Gasteiger partial charge in [-0.2, -0.15) is 10.4 Å². The van der Waals surface area contributed by atoms with Crippen LogP contribution >= 0.6 is 0 Å². The molecule has 2 aromatic carbocycles. The number of nitriles is 1. The van der Waals surface area contributed by atoms with Crippen LogP contribution in [0.2, 0.25) is 0 Å². The van der Waals surface area contributed by atoms with E-state index in [1.807, 2.05) is 61.8 Å². The lowest BCUT2D eigenvalue weighted by molar-refractivity contribution is 0.248. The van der Waals surface area contributed by atoms with Crippen LogP contribution in [0.25, 0.3) is 22.4 Å². The van der Waals surface area contributed by atoms with Crippen molar-refractivity contribution in [2.45, 2.75) is 20.4 Å². The molecule has 0 saturated carbocycles. The number of carbonyl (C=O) groups excluding carboxylic acids is 1. The van der Waals surface area contributed by atoms with Crippen molar-refractivity contribution in [3.05, 3.63) is 114 Å². The number of rotatable bonds is 8. The van der Waals surface area contributed by atoms with Crippen LogP contribution in [0.15, 0.2) is 96.0 Å². The Morgan fingerprint density at radius 2 is 1.78 bits per heavy atom. The summed E-state index contributed by atoms with van der Waals surface area (Å²) < 4.78 is 7.01. The van der Waals surface area contributed by atoms with Crippen molar-refractivity contribution in [3.8, 4) is 28.5 Å². The highest BCUT2D eigenvalue weighted by atomic mass is 16.5. The maximum atomic E-state index is 13.6. The molecule has 4 heterocycles. The lowest BCUT2D eigenvalue weighted by Gasteiger charge is -2.23. The van der Waals surface area contributed by atoms with Crippen LogP contribution in [0.4, 0.5) is 27.9 Å². The summed E-state index contributed by atoms with van der Waals surface area (Å²) in [5.41, 5.74) is 6.10. The fourth-order valence-corrected chi connectivity index (χ4v) is 4.82. The van der Waals surface area contributed by atoms with Crippen LogP contribution in [0.1, 0.15) is 22.6 Å². The highest BCUT2D eigenvalue weighted by molar-refractivity contribution is 5.98. The van der Waals surface area contributed by atoms with E-state index < -0.39 is 0 Å². The largest absolute Gasteiger partial charge is 0.361 e. The summed E-state index contributed by atoms with van der Waals surface area (Å²) in [5, 5.41) is 24.0. The molecule has 0 atom stereocenters. The Hall–Kier alpha value is -6.35. The third-order valence-electron chi connectivity index (χ3n) is 7.07. The molecule has 0 aliphatic carbocycles. The minimum absolute atomic E-state index is 0.293. The van der Waals surface area contributed by atoms with E-state index in [4.69, 9.17) is 4.52 Å². The zero-order valence-electron chi connectivity index (χ0n) is 24.8. The molecule has 0 aliphatic rings. The highest BCUT2D eigenvalue weighted by Gasteiger charge is 2.21. The molecule has 0 unspecified atom stereocenters. The van der Waals surface area contributed by atoms with Gasteiger partial charge in [0.05, 0.1) is 40.6 Å². The number of nitrogens with one attached hydrogen (secondary N) is 2. The topological polar surface area (TPSA) is 151 Å². The standard InChI is InChI=1S/C33H28N10O2/c1-21-30(22(2)45-41-21)31-25(15-34)18-36-32(40-31)39-27-10-12-28(13-11-27)43(33(44)37-16-23-7-5-4-6-8-23)29-14-9-24(17-35-29)26-19-38-42(3)20-26/h4-14,17-20H,16H2,1-3H3,(H,37,44)(H,36,39,40).